The van der Waals surface area contributed by atoms with E-state index in [0.717, 1.165) is 19.0 Å². The molecule has 1 aliphatic heterocycles. The van der Waals surface area contributed by atoms with Crippen LogP contribution in [0.3, 0.4) is 0 Å². The summed E-state index contributed by atoms with van der Waals surface area (Å²) in [5, 5.41) is 10.5. The van der Waals surface area contributed by atoms with Crippen LogP contribution in [0.2, 0.25) is 0 Å². The largest absolute Gasteiger partial charge is 0.494 e. The van der Waals surface area contributed by atoms with Gasteiger partial charge in [-0.15, -0.1) is 0 Å². The van der Waals surface area contributed by atoms with E-state index < -0.39 is 17.5 Å². The van der Waals surface area contributed by atoms with Crippen molar-refractivity contribution in [2.24, 2.45) is 0 Å². The van der Waals surface area contributed by atoms with Gasteiger partial charge in [0, 0.05) is 24.4 Å². The van der Waals surface area contributed by atoms with Crippen LogP contribution in [0.5, 0.6) is 11.5 Å². The summed E-state index contributed by atoms with van der Waals surface area (Å²) in [6.07, 6.45) is 8.03. The van der Waals surface area contributed by atoms with E-state index in [4.69, 9.17) is 9.47 Å². The number of fused-ring (bicyclic) bond motifs is 1. The number of piperidine rings is 1. The lowest BCUT2D eigenvalue weighted by atomic mass is 10.0. The number of amides is 1. The first-order valence-electron chi connectivity index (χ1n) is 13.2. The predicted octanol–water partition coefficient (Wildman–Crippen LogP) is 4.75. The molecule has 2 aromatic heterocycles. The molecule has 0 spiro atoms. The summed E-state index contributed by atoms with van der Waals surface area (Å²) in [7, 11) is 2.12. The molecule has 1 fully saturated rings. The highest BCUT2D eigenvalue weighted by molar-refractivity contribution is 5.96. The molecular formula is C28H31F2N7O3. The van der Waals surface area contributed by atoms with Crippen LogP contribution in [-0.4, -0.2) is 63.4 Å². The lowest BCUT2D eigenvalue weighted by molar-refractivity contribution is -0.116. The van der Waals surface area contributed by atoms with E-state index in [9.17, 15) is 13.6 Å². The van der Waals surface area contributed by atoms with E-state index in [-0.39, 0.29) is 12.2 Å². The molecule has 0 saturated carbocycles. The summed E-state index contributed by atoms with van der Waals surface area (Å²) in [5.74, 6) is -0.950. The van der Waals surface area contributed by atoms with Gasteiger partial charge in [-0.2, -0.15) is 5.10 Å². The molecule has 3 heterocycles. The van der Waals surface area contributed by atoms with Crippen molar-refractivity contribution in [3.05, 3.63) is 60.7 Å². The fraction of sp³-hybridized carbons (Fsp3) is 0.357. The van der Waals surface area contributed by atoms with Gasteiger partial charge in [0.25, 0.3) is 0 Å². The maximum Gasteiger partial charge on any atom is 0.246 e. The molecular weight excluding hydrogens is 520 g/mol. The number of likely N-dealkylation sites (N-methyl/N-ethyl adjacent to an activating group) is 1. The molecule has 1 atom stereocenters. The second-order valence-electron chi connectivity index (χ2n) is 9.61. The zero-order valence-corrected chi connectivity index (χ0v) is 22.4. The third-order valence-corrected chi connectivity index (χ3v) is 6.77. The molecule has 1 aliphatic rings. The quantitative estimate of drug-likeness (QED) is 0.291. The molecule has 4 aromatic rings. The van der Waals surface area contributed by atoms with Gasteiger partial charge in [-0.05, 0) is 45.5 Å². The van der Waals surface area contributed by atoms with Crippen molar-refractivity contribution in [2.75, 3.05) is 37.4 Å². The van der Waals surface area contributed by atoms with Gasteiger partial charge in [0.15, 0.2) is 11.6 Å². The molecule has 210 valence electrons. The van der Waals surface area contributed by atoms with Crippen LogP contribution in [-0.2, 0) is 11.3 Å². The molecule has 0 unspecified atom stereocenters. The Balaban J connectivity index is 1.34. The lowest BCUT2D eigenvalue weighted by Gasteiger charge is -2.32. The number of ether oxygens (including phenoxy) is 2. The third kappa shape index (κ3) is 6.28. The van der Waals surface area contributed by atoms with Gasteiger partial charge in [0.05, 0.1) is 35.1 Å². The molecule has 12 heteroatoms. The minimum atomic E-state index is -1.12. The number of nitrogens with zero attached hydrogens (tertiary/aromatic N) is 5. The van der Waals surface area contributed by atoms with Gasteiger partial charge in [-0.3, -0.25) is 9.48 Å². The van der Waals surface area contributed by atoms with Crippen molar-refractivity contribution < 1.29 is 23.0 Å². The fourth-order valence-corrected chi connectivity index (χ4v) is 4.72. The second-order valence-corrected chi connectivity index (χ2v) is 9.61. The van der Waals surface area contributed by atoms with E-state index >= 15 is 0 Å². The van der Waals surface area contributed by atoms with Gasteiger partial charge in [-0.25, -0.2) is 18.7 Å². The van der Waals surface area contributed by atoms with E-state index in [2.05, 4.69) is 37.6 Å². The second kappa shape index (κ2) is 12.2. The zero-order valence-electron chi connectivity index (χ0n) is 22.4. The molecule has 2 N–H and O–H groups in total. The van der Waals surface area contributed by atoms with Crippen LogP contribution in [0.25, 0.3) is 10.9 Å². The third-order valence-electron chi connectivity index (χ3n) is 6.77. The SMILES string of the molecule is CCOc1cc(OC[C@H]2CCCCN2C)c2c(Nc3cnn(CC(=O)Nc4cccc(F)c4F)c3)ncnc2c1. The number of benzene rings is 2. The topological polar surface area (TPSA) is 106 Å². The average Bonchev–Trinajstić information content (AvgIpc) is 3.37. The summed E-state index contributed by atoms with van der Waals surface area (Å²) in [6, 6.07) is 7.59. The summed E-state index contributed by atoms with van der Waals surface area (Å²) < 4.78 is 40.8. The van der Waals surface area contributed by atoms with Crippen molar-refractivity contribution in [1.29, 1.82) is 0 Å². The van der Waals surface area contributed by atoms with Crippen molar-refractivity contribution in [2.45, 2.75) is 38.8 Å². The highest BCUT2D eigenvalue weighted by atomic mass is 19.2. The highest BCUT2D eigenvalue weighted by Crippen LogP contribution is 2.36. The van der Waals surface area contributed by atoms with Crippen LogP contribution in [0.4, 0.5) is 26.0 Å². The van der Waals surface area contributed by atoms with Gasteiger partial charge >= 0.3 is 0 Å². The Morgan fingerprint density at radius 3 is 2.88 bits per heavy atom. The number of hydrogen-bond acceptors (Lipinski definition) is 8. The molecule has 40 heavy (non-hydrogen) atoms. The summed E-state index contributed by atoms with van der Waals surface area (Å²) in [4.78, 5) is 23.6. The molecule has 0 aliphatic carbocycles. The number of likely N-dealkylation sites (tertiary alicyclic amines) is 1. The average molecular weight is 552 g/mol. The first kappa shape index (κ1) is 27.3. The Morgan fingerprint density at radius 1 is 1.18 bits per heavy atom. The van der Waals surface area contributed by atoms with Crippen LogP contribution in [0, 0.1) is 11.6 Å². The van der Waals surface area contributed by atoms with Gasteiger partial charge in [0.1, 0.15) is 36.8 Å². The summed E-state index contributed by atoms with van der Waals surface area (Å²) >= 11 is 0. The molecule has 1 saturated heterocycles. The predicted molar refractivity (Wildman–Crippen MR) is 147 cm³/mol. The van der Waals surface area contributed by atoms with E-state index in [1.165, 1.54) is 42.2 Å². The number of anilines is 3. The number of rotatable bonds is 10. The Bertz CT molecular complexity index is 1500. The Kier molecular flexibility index (Phi) is 8.34. The highest BCUT2D eigenvalue weighted by Gasteiger charge is 2.21. The standard InChI is InChI=1S/C28H31F2N7O3/c1-3-39-20-11-23-26(24(12-20)40-16-19-7-4-5-10-36(19)2)28(32-17-31-23)34-18-13-33-37(14-18)15-25(38)35-22-9-6-8-21(29)27(22)30/h6,8-9,11-14,17,19H,3-5,7,10,15-16H2,1-2H3,(H,35,38)(H,31,32,34)/t19-/m1/s1. The van der Waals surface area contributed by atoms with Crippen LogP contribution < -0.4 is 20.1 Å². The molecule has 5 rings (SSSR count). The molecule has 0 bridgehead atoms. The molecule has 0 radical (unpaired) electrons. The van der Waals surface area contributed by atoms with E-state index in [1.807, 2.05) is 19.1 Å². The summed E-state index contributed by atoms with van der Waals surface area (Å²) in [5.41, 5.74) is 0.984. The lowest BCUT2D eigenvalue weighted by Crippen LogP contribution is -2.40. The van der Waals surface area contributed by atoms with Gasteiger partial charge in [-0.1, -0.05) is 12.5 Å². The first-order chi connectivity index (χ1) is 19.4. The van der Waals surface area contributed by atoms with Crippen molar-refractivity contribution >= 4 is 34.0 Å². The van der Waals surface area contributed by atoms with Gasteiger partial charge < -0.3 is 25.0 Å². The van der Waals surface area contributed by atoms with Crippen molar-refractivity contribution in [3.8, 4) is 11.5 Å². The monoisotopic (exact) mass is 551 g/mol. The molecule has 1 amide bonds. The van der Waals surface area contributed by atoms with Crippen LogP contribution >= 0.6 is 0 Å². The maximum atomic E-state index is 13.9. The number of aromatic nitrogens is 4. The Labute approximate surface area is 230 Å². The maximum absolute atomic E-state index is 13.9. The van der Waals surface area contributed by atoms with Crippen LogP contribution in [0.1, 0.15) is 26.2 Å². The van der Waals surface area contributed by atoms with Crippen molar-refractivity contribution in [1.82, 2.24) is 24.6 Å². The smallest absolute Gasteiger partial charge is 0.246 e. The Morgan fingerprint density at radius 2 is 2.05 bits per heavy atom. The zero-order chi connectivity index (χ0) is 28.1. The minimum Gasteiger partial charge on any atom is -0.494 e. The number of carbonyl (C=O) groups is 1. The van der Waals surface area contributed by atoms with Gasteiger partial charge in [0.2, 0.25) is 5.91 Å². The van der Waals surface area contributed by atoms with Crippen LogP contribution in [0.15, 0.2) is 49.1 Å². The Hall–Kier alpha value is -4.32. The number of carbonyl (C=O) groups excluding carboxylic acids is 1. The normalized spacial score (nSPS) is 15.7. The van der Waals surface area contributed by atoms with E-state index in [1.54, 1.807) is 6.20 Å². The van der Waals surface area contributed by atoms with Crippen molar-refractivity contribution in [3.63, 3.8) is 0 Å². The summed E-state index contributed by atoms with van der Waals surface area (Å²) in [6.45, 7) is 3.78. The van der Waals surface area contributed by atoms with E-state index in [0.29, 0.717) is 53.2 Å². The number of hydrogen-bond donors (Lipinski definition) is 2. The fourth-order valence-electron chi connectivity index (χ4n) is 4.72. The number of halogens is 2. The minimum absolute atomic E-state index is 0.205. The molecule has 10 nitrogen and oxygen atoms in total. The first-order valence-corrected chi connectivity index (χ1v) is 13.2. The molecule has 2 aromatic carbocycles. The number of nitrogens with one attached hydrogen (secondary N) is 2.